The molecule has 0 aliphatic heterocycles. The van der Waals surface area contributed by atoms with Gasteiger partial charge < -0.3 is 37.2 Å². The molecule has 5 heteroatoms. The van der Waals surface area contributed by atoms with Crippen LogP contribution in [0.2, 0.25) is 0 Å². The van der Waals surface area contributed by atoms with Crippen molar-refractivity contribution >= 4 is 23.6 Å². The average molecular weight is 1010 g/mol. The molecule has 3 aromatic rings. The van der Waals surface area contributed by atoms with Gasteiger partial charge in [0.25, 0.3) is 0 Å². The maximum absolute atomic E-state index is 3.90. The zero-order valence-corrected chi connectivity index (χ0v) is 48.5. The van der Waals surface area contributed by atoms with Crippen LogP contribution in [0.25, 0.3) is 0 Å². The Morgan fingerprint density at radius 3 is 0.773 bits per heavy atom. The van der Waals surface area contributed by atoms with Crippen molar-refractivity contribution in [2.24, 2.45) is 5.92 Å². The van der Waals surface area contributed by atoms with Gasteiger partial charge in [-0.15, -0.1) is 0 Å². The minimum atomic E-state index is -2.85. The fourth-order valence-corrected chi connectivity index (χ4v) is 16.4. The Morgan fingerprint density at radius 1 is 0.364 bits per heavy atom. The van der Waals surface area contributed by atoms with Crippen LogP contribution in [-0.2, 0) is 60.2 Å². The Hall–Kier alpha value is -1.06. The summed E-state index contributed by atoms with van der Waals surface area (Å²) < 4.78 is 0. The number of hydrogen-bond donors (Lipinski definition) is 0. The molecular weight excluding hydrogens is 915 g/mol. The molecule has 0 saturated carbocycles. The fourth-order valence-electron chi connectivity index (χ4n) is 10.7. The van der Waals surface area contributed by atoms with Gasteiger partial charge >= 0.3 is 21.7 Å². The summed E-state index contributed by atoms with van der Waals surface area (Å²) in [4.78, 5) is 0. The first-order chi connectivity index (χ1) is 30.3. The molecule has 0 fully saturated rings. The molecule has 0 saturated heterocycles. The Bertz CT molecular complexity index is 1510. The number of hydrogen-bond acceptors (Lipinski definition) is 0. The standard InChI is InChI=1S/C61H95Si.3ClH.Ti/c1-9-15-21-27-33-52-41-53(34-28-22-16-10-2)45-58(44-52)62(61-50(7)39-40-51(61)8,59-46-54(35-29-23-17-11-3)42-55(47-59)36-30-24-18-12-4)60-48-56(37-31-25-19-13-5)43-57(49-60)38-32-26-20-14-6;;;;/h39,41-50H,9-38H2,1-8H3;3*1H;/q-1;;;;+4/p-3. The summed E-state index contributed by atoms with van der Waals surface area (Å²) >= 11 is 0. The fraction of sp³-hybridized carbons (Fsp3) is 0.639. The van der Waals surface area contributed by atoms with Gasteiger partial charge in [-0.1, -0.05) is 247 Å². The summed E-state index contributed by atoms with van der Waals surface area (Å²) in [5.41, 5.74) is 11.0. The number of allylic oxidation sites excluding steroid dienone is 4. The second-order valence-electron chi connectivity index (χ2n) is 19.9. The molecule has 0 bridgehead atoms. The minimum Gasteiger partial charge on any atom is -1.00 e. The maximum atomic E-state index is 3.90. The van der Waals surface area contributed by atoms with Crippen LogP contribution in [0, 0.1) is 12.0 Å². The van der Waals surface area contributed by atoms with Crippen LogP contribution in [0.4, 0.5) is 0 Å². The number of halogens is 3. The van der Waals surface area contributed by atoms with Crippen LogP contribution in [0.3, 0.4) is 0 Å². The van der Waals surface area contributed by atoms with E-state index in [2.05, 4.69) is 122 Å². The monoisotopic (exact) mass is 1010 g/mol. The van der Waals surface area contributed by atoms with Crippen molar-refractivity contribution in [3.63, 3.8) is 0 Å². The van der Waals surface area contributed by atoms with Gasteiger partial charge in [0.2, 0.25) is 0 Å². The van der Waals surface area contributed by atoms with Gasteiger partial charge in [0, 0.05) is 0 Å². The van der Waals surface area contributed by atoms with Crippen molar-refractivity contribution in [3.8, 4) is 0 Å². The molecule has 66 heavy (non-hydrogen) atoms. The first-order valence-electron chi connectivity index (χ1n) is 27.0. The third-order valence-electron chi connectivity index (χ3n) is 14.2. The van der Waals surface area contributed by atoms with E-state index in [0.717, 1.165) is 0 Å². The molecule has 1 aliphatic rings. The molecule has 0 radical (unpaired) electrons. The first kappa shape index (κ1) is 64.9. The third kappa shape index (κ3) is 20.7. The smallest absolute Gasteiger partial charge is 1.00 e. The van der Waals surface area contributed by atoms with Gasteiger partial charge in [-0.05, 0) is 110 Å². The van der Waals surface area contributed by atoms with Crippen LogP contribution < -0.4 is 52.8 Å². The van der Waals surface area contributed by atoms with Crippen molar-refractivity contribution < 1.29 is 58.9 Å². The van der Waals surface area contributed by atoms with Gasteiger partial charge in [0.05, 0.1) is 8.07 Å². The summed E-state index contributed by atoms with van der Waals surface area (Å²) in [5, 5.41) is 6.69. The van der Waals surface area contributed by atoms with Crippen molar-refractivity contribution in [1.29, 1.82) is 0 Å². The van der Waals surface area contributed by atoms with E-state index in [1.807, 2.05) is 0 Å². The van der Waals surface area contributed by atoms with E-state index in [4.69, 9.17) is 0 Å². The quantitative estimate of drug-likeness (QED) is 0.0249. The van der Waals surface area contributed by atoms with Crippen molar-refractivity contribution in [3.05, 3.63) is 111 Å². The zero-order valence-electron chi connectivity index (χ0n) is 43.7. The van der Waals surface area contributed by atoms with E-state index in [0.29, 0.717) is 5.92 Å². The van der Waals surface area contributed by atoms with Gasteiger partial charge in [-0.2, -0.15) is 11.3 Å². The molecule has 0 amide bonds. The van der Waals surface area contributed by atoms with E-state index >= 15 is 0 Å². The van der Waals surface area contributed by atoms with Gasteiger partial charge in [0.15, 0.2) is 0 Å². The normalized spacial score (nSPS) is 13.3. The SMILES string of the molecule is CCCCCCc1cc(CCCCCC)cc([Si](C2=C(C)[C-]=CC2C)(c2cc(CCCCCC)cc(CCCCCC)c2)c2cc(CCCCCC)cc(CCCCCC)c2)c1.[Cl-].[Cl-].[Cl-].[Ti+4]. The number of unbranched alkanes of at least 4 members (excludes halogenated alkanes) is 18. The van der Waals surface area contributed by atoms with E-state index in [-0.39, 0.29) is 58.9 Å². The van der Waals surface area contributed by atoms with Crippen LogP contribution in [-0.4, -0.2) is 8.07 Å². The molecule has 0 nitrogen and oxygen atoms in total. The summed E-state index contributed by atoms with van der Waals surface area (Å²) in [5.74, 6) is 0.366. The molecular formula is C61H95Cl3SiTi. The molecule has 0 N–H and O–H groups in total. The molecule has 0 heterocycles. The molecule has 368 valence electrons. The molecule has 0 spiro atoms. The second-order valence-corrected chi connectivity index (χ2v) is 23.6. The Balaban J connectivity index is 0.0000106. The van der Waals surface area contributed by atoms with Crippen LogP contribution in [0.15, 0.2) is 71.4 Å². The minimum absolute atomic E-state index is 0. The van der Waals surface area contributed by atoms with E-state index in [9.17, 15) is 0 Å². The van der Waals surface area contributed by atoms with Gasteiger partial charge in [-0.3, -0.25) is 6.08 Å². The summed E-state index contributed by atoms with van der Waals surface area (Å²) in [6.07, 6.45) is 45.0. The topological polar surface area (TPSA) is 0 Å². The van der Waals surface area contributed by atoms with Crippen molar-refractivity contribution in [2.75, 3.05) is 0 Å². The summed E-state index contributed by atoms with van der Waals surface area (Å²) in [7, 11) is -2.85. The molecule has 1 aliphatic carbocycles. The van der Waals surface area contributed by atoms with Gasteiger partial charge in [0.1, 0.15) is 0 Å². The molecule has 1 unspecified atom stereocenters. The number of rotatable bonds is 34. The van der Waals surface area contributed by atoms with Gasteiger partial charge in [-0.25, -0.2) is 5.57 Å². The Morgan fingerprint density at radius 2 is 0.591 bits per heavy atom. The Kier molecular flexibility index (Phi) is 37.1. The molecule has 4 rings (SSSR count). The average Bonchev–Trinajstić information content (AvgIpc) is 3.61. The summed E-state index contributed by atoms with van der Waals surface area (Å²) in [6.45, 7) is 19.1. The molecule has 3 aromatic carbocycles. The van der Waals surface area contributed by atoms with Crippen LogP contribution in [0.1, 0.15) is 243 Å². The second kappa shape index (κ2) is 37.7. The summed E-state index contributed by atoms with van der Waals surface area (Å²) in [6, 6.07) is 24.6. The first-order valence-corrected chi connectivity index (χ1v) is 29.0. The maximum Gasteiger partial charge on any atom is 4.00 e. The van der Waals surface area contributed by atoms with E-state index in [1.54, 1.807) is 54.1 Å². The predicted molar refractivity (Wildman–Crippen MR) is 281 cm³/mol. The van der Waals surface area contributed by atoms with E-state index < -0.39 is 8.07 Å². The zero-order chi connectivity index (χ0) is 44.4. The van der Waals surface area contributed by atoms with Crippen LogP contribution >= 0.6 is 0 Å². The van der Waals surface area contributed by atoms with Crippen molar-refractivity contribution in [1.82, 2.24) is 0 Å². The van der Waals surface area contributed by atoms with E-state index in [1.165, 1.54) is 198 Å². The number of aryl methyl sites for hydroxylation is 6. The predicted octanol–water partition coefficient (Wildman–Crippen LogP) is 7.77. The van der Waals surface area contributed by atoms with Crippen LogP contribution in [0.5, 0.6) is 0 Å². The Labute approximate surface area is 444 Å². The van der Waals surface area contributed by atoms with Crippen molar-refractivity contribution in [2.45, 2.75) is 248 Å². The largest absolute Gasteiger partial charge is 4.00 e. The molecule has 1 atom stereocenters. The number of benzene rings is 3. The third-order valence-corrected chi connectivity index (χ3v) is 19.3. The molecule has 0 aromatic heterocycles.